The van der Waals surface area contributed by atoms with E-state index in [2.05, 4.69) is 28.5 Å². The number of thiazole rings is 1. The molecule has 0 aliphatic carbocycles. The van der Waals surface area contributed by atoms with Gasteiger partial charge in [0.1, 0.15) is 4.88 Å². The average molecular weight is 287 g/mol. The van der Waals surface area contributed by atoms with Gasteiger partial charge in [0.25, 0.3) is 5.91 Å². The van der Waals surface area contributed by atoms with E-state index in [4.69, 9.17) is 0 Å². The molecule has 0 saturated heterocycles. The van der Waals surface area contributed by atoms with Crippen LogP contribution in [0.3, 0.4) is 0 Å². The minimum Gasteiger partial charge on any atom is -0.365 e. The van der Waals surface area contributed by atoms with Crippen molar-refractivity contribution in [1.82, 2.24) is 9.88 Å². The second-order valence-electron chi connectivity index (χ2n) is 4.93. The third-order valence-corrected chi connectivity index (χ3v) is 4.79. The fraction of sp³-hybridized carbons (Fsp3) is 0.333. The SMILES string of the molecule is CNc1nc(C)c(C(=O)N2CCc3ccccc3C2)s1. The fourth-order valence-corrected chi connectivity index (χ4v) is 3.40. The highest BCUT2D eigenvalue weighted by molar-refractivity contribution is 7.17. The number of hydrogen-bond acceptors (Lipinski definition) is 4. The van der Waals surface area contributed by atoms with E-state index in [1.54, 1.807) is 0 Å². The van der Waals surface area contributed by atoms with Crippen molar-refractivity contribution in [2.75, 3.05) is 18.9 Å². The molecule has 0 atom stereocenters. The lowest BCUT2D eigenvalue weighted by Crippen LogP contribution is -2.35. The van der Waals surface area contributed by atoms with E-state index >= 15 is 0 Å². The van der Waals surface area contributed by atoms with Crippen molar-refractivity contribution in [1.29, 1.82) is 0 Å². The van der Waals surface area contributed by atoms with Crippen molar-refractivity contribution in [2.24, 2.45) is 0 Å². The minimum atomic E-state index is 0.0935. The zero-order valence-electron chi connectivity index (χ0n) is 11.6. The predicted octanol–water partition coefficient (Wildman–Crippen LogP) is 2.69. The standard InChI is InChI=1S/C15H17N3OS/c1-10-13(20-15(16-2)17-10)14(19)18-8-7-11-5-3-4-6-12(11)9-18/h3-6H,7-9H2,1-2H3,(H,16,17). The maximum atomic E-state index is 12.6. The number of carbonyl (C=O) groups excluding carboxylic acids is 1. The molecule has 0 radical (unpaired) electrons. The fourth-order valence-electron chi connectivity index (χ4n) is 2.51. The van der Waals surface area contributed by atoms with Crippen molar-refractivity contribution in [3.05, 3.63) is 46.0 Å². The number of hydrogen-bond donors (Lipinski definition) is 1. The first-order valence-electron chi connectivity index (χ1n) is 6.70. The van der Waals surface area contributed by atoms with Gasteiger partial charge in [-0.25, -0.2) is 4.98 Å². The monoisotopic (exact) mass is 287 g/mol. The third kappa shape index (κ3) is 2.29. The Kier molecular flexibility index (Phi) is 3.44. The zero-order chi connectivity index (χ0) is 14.1. The summed E-state index contributed by atoms with van der Waals surface area (Å²) >= 11 is 1.43. The Morgan fingerprint density at radius 1 is 1.35 bits per heavy atom. The lowest BCUT2D eigenvalue weighted by atomic mass is 10.00. The van der Waals surface area contributed by atoms with Gasteiger partial charge in [0.2, 0.25) is 0 Å². The van der Waals surface area contributed by atoms with Gasteiger partial charge >= 0.3 is 0 Å². The molecule has 1 aliphatic rings. The number of anilines is 1. The van der Waals surface area contributed by atoms with Gasteiger partial charge in [-0.3, -0.25) is 4.79 Å². The van der Waals surface area contributed by atoms with Crippen molar-refractivity contribution < 1.29 is 4.79 Å². The molecule has 1 aromatic heterocycles. The quantitative estimate of drug-likeness (QED) is 0.923. The molecule has 2 heterocycles. The molecule has 2 aromatic rings. The number of aromatic nitrogens is 1. The maximum Gasteiger partial charge on any atom is 0.266 e. The highest BCUT2D eigenvalue weighted by Gasteiger charge is 2.24. The molecule has 0 unspecified atom stereocenters. The normalized spacial score (nSPS) is 14.0. The summed E-state index contributed by atoms with van der Waals surface area (Å²) in [5.41, 5.74) is 3.42. The Hall–Kier alpha value is -1.88. The number of benzene rings is 1. The Bertz CT molecular complexity index is 650. The van der Waals surface area contributed by atoms with Crippen LogP contribution in [0.5, 0.6) is 0 Å². The number of rotatable bonds is 2. The minimum absolute atomic E-state index is 0.0935. The first-order chi connectivity index (χ1) is 9.69. The van der Waals surface area contributed by atoms with Crippen LogP contribution in [0.1, 0.15) is 26.5 Å². The summed E-state index contributed by atoms with van der Waals surface area (Å²) in [4.78, 5) is 19.6. The molecule has 0 bridgehead atoms. The summed E-state index contributed by atoms with van der Waals surface area (Å²) in [5.74, 6) is 0.0935. The Balaban J connectivity index is 1.84. The van der Waals surface area contributed by atoms with Crippen LogP contribution < -0.4 is 5.32 Å². The van der Waals surface area contributed by atoms with Gasteiger partial charge in [0.05, 0.1) is 5.69 Å². The van der Waals surface area contributed by atoms with E-state index in [9.17, 15) is 4.79 Å². The smallest absolute Gasteiger partial charge is 0.266 e. The molecule has 0 spiro atoms. The number of amides is 1. The third-order valence-electron chi connectivity index (χ3n) is 3.62. The Labute approximate surface area is 122 Å². The van der Waals surface area contributed by atoms with E-state index < -0.39 is 0 Å². The molecule has 104 valence electrons. The van der Waals surface area contributed by atoms with Crippen LogP contribution in [0.2, 0.25) is 0 Å². The summed E-state index contributed by atoms with van der Waals surface area (Å²) in [6, 6.07) is 8.34. The maximum absolute atomic E-state index is 12.6. The highest BCUT2D eigenvalue weighted by Crippen LogP contribution is 2.26. The van der Waals surface area contributed by atoms with Crippen LogP contribution >= 0.6 is 11.3 Å². The van der Waals surface area contributed by atoms with Crippen LogP contribution in [-0.2, 0) is 13.0 Å². The van der Waals surface area contributed by atoms with Crippen LogP contribution in [0, 0.1) is 6.92 Å². The average Bonchev–Trinajstić information content (AvgIpc) is 2.87. The first-order valence-corrected chi connectivity index (χ1v) is 7.52. The van der Waals surface area contributed by atoms with E-state index in [0.717, 1.165) is 28.7 Å². The summed E-state index contributed by atoms with van der Waals surface area (Å²) < 4.78 is 0. The lowest BCUT2D eigenvalue weighted by molar-refractivity contribution is 0.0738. The topological polar surface area (TPSA) is 45.2 Å². The molecular formula is C15H17N3OS. The Morgan fingerprint density at radius 2 is 2.10 bits per heavy atom. The van der Waals surface area contributed by atoms with Crippen molar-refractivity contribution in [2.45, 2.75) is 19.9 Å². The van der Waals surface area contributed by atoms with E-state index in [1.165, 1.54) is 22.5 Å². The molecule has 0 fully saturated rings. The molecule has 4 nitrogen and oxygen atoms in total. The second kappa shape index (κ2) is 5.25. The van der Waals surface area contributed by atoms with Crippen LogP contribution in [0.4, 0.5) is 5.13 Å². The van der Waals surface area contributed by atoms with Gasteiger partial charge < -0.3 is 10.2 Å². The Morgan fingerprint density at radius 3 is 2.80 bits per heavy atom. The molecule has 1 amide bonds. The van der Waals surface area contributed by atoms with E-state index in [0.29, 0.717) is 6.54 Å². The van der Waals surface area contributed by atoms with Crippen molar-refractivity contribution >= 4 is 22.4 Å². The van der Waals surface area contributed by atoms with Crippen LogP contribution in [0.25, 0.3) is 0 Å². The molecule has 3 rings (SSSR count). The van der Waals surface area contributed by atoms with Gasteiger partial charge in [-0.2, -0.15) is 0 Å². The van der Waals surface area contributed by atoms with Gasteiger partial charge in [-0.15, -0.1) is 0 Å². The lowest BCUT2D eigenvalue weighted by Gasteiger charge is -2.28. The summed E-state index contributed by atoms with van der Waals surface area (Å²) in [6.07, 6.45) is 0.929. The van der Waals surface area contributed by atoms with E-state index in [1.807, 2.05) is 24.9 Å². The number of aryl methyl sites for hydroxylation is 1. The number of fused-ring (bicyclic) bond motifs is 1. The van der Waals surface area contributed by atoms with Gasteiger partial charge in [-0.05, 0) is 24.5 Å². The van der Waals surface area contributed by atoms with E-state index in [-0.39, 0.29) is 5.91 Å². The molecule has 1 aromatic carbocycles. The van der Waals surface area contributed by atoms with Crippen molar-refractivity contribution in [3.8, 4) is 0 Å². The molecule has 20 heavy (non-hydrogen) atoms. The molecule has 0 saturated carbocycles. The first kappa shape index (κ1) is 13.1. The molecular weight excluding hydrogens is 270 g/mol. The summed E-state index contributed by atoms with van der Waals surface area (Å²) in [5, 5.41) is 3.79. The molecule has 1 N–H and O–H groups in total. The molecule has 1 aliphatic heterocycles. The highest BCUT2D eigenvalue weighted by atomic mass is 32.1. The summed E-state index contributed by atoms with van der Waals surface area (Å²) in [7, 11) is 1.82. The summed E-state index contributed by atoms with van der Waals surface area (Å²) in [6.45, 7) is 3.37. The number of nitrogens with zero attached hydrogens (tertiary/aromatic N) is 2. The zero-order valence-corrected chi connectivity index (χ0v) is 12.5. The van der Waals surface area contributed by atoms with Gasteiger partial charge in [-0.1, -0.05) is 35.6 Å². The van der Waals surface area contributed by atoms with Crippen molar-refractivity contribution in [3.63, 3.8) is 0 Å². The van der Waals surface area contributed by atoms with Crippen LogP contribution in [-0.4, -0.2) is 29.4 Å². The van der Waals surface area contributed by atoms with Gasteiger partial charge in [0.15, 0.2) is 5.13 Å². The second-order valence-corrected chi connectivity index (χ2v) is 5.93. The molecule has 5 heteroatoms. The largest absolute Gasteiger partial charge is 0.365 e. The van der Waals surface area contributed by atoms with Crippen LogP contribution in [0.15, 0.2) is 24.3 Å². The van der Waals surface area contributed by atoms with Gasteiger partial charge in [0, 0.05) is 20.1 Å². The predicted molar refractivity (Wildman–Crippen MR) is 81.3 cm³/mol. The number of carbonyl (C=O) groups is 1. The number of nitrogens with one attached hydrogen (secondary N) is 1.